The minimum atomic E-state index is -3.63. The van der Waals surface area contributed by atoms with E-state index in [4.69, 9.17) is 9.15 Å². The lowest BCUT2D eigenvalue weighted by molar-refractivity contribution is -0.133. The average Bonchev–Trinajstić information content (AvgIpc) is 3.74. The van der Waals surface area contributed by atoms with Crippen LogP contribution >= 0.6 is 0 Å². The molecule has 1 aromatic heterocycles. The molecule has 5 atom stereocenters. The minimum absolute atomic E-state index is 0.0234. The number of nitrogens with one attached hydrogen (secondary N) is 1. The third kappa shape index (κ3) is 4.70. The highest BCUT2D eigenvalue weighted by Crippen LogP contribution is 2.70. The Morgan fingerprint density at radius 1 is 1.14 bits per heavy atom. The molecule has 2 aromatic carbocycles. The summed E-state index contributed by atoms with van der Waals surface area (Å²) in [5, 5.41) is 3.38. The maximum Gasteiger partial charge on any atom is 0.241 e. The maximum absolute atomic E-state index is 14.0. The standard InChI is InChI=1S/C34H41N3O5S/c1-22-29(36-31(42-22)24-9-5-4-6-10-24)13-15-41-27-11-7-8-23(17-27)16-25-19-35-20-28(25)32(38)37-30-18-26-12-14-34(30,33(26,2)3)21-43(37,39)40/h4-11,17,25-26,28,30,35H,12-16,18-21H2,1-3H3/t25-,26?,28+,30?,34+/m0/s1. The third-order valence-electron chi connectivity index (χ3n) is 11.2. The predicted octanol–water partition coefficient (Wildman–Crippen LogP) is 5.02. The molecule has 0 radical (unpaired) electrons. The van der Waals surface area contributed by atoms with Gasteiger partial charge < -0.3 is 14.5 Å². The van der Waals surface area contributed by atoms with Gasteiger partial charge in [-0.3, -0.25) is 4.79 Å². The van der Waals surface area contributed by atoms with Gasteiger partial charge in [0.05, 0.1) is 30.0 Å². The first-order chi connectivity index (χ1) is 20.6. The number of sulfonamides is 1. The minimum Gasteiger partial charge on any atom is -0.493 e. The molecular weight excluding hydrogens is 562 g/mol. The van der Waals surface area contributed by atoms with Crippen LogP contribution < -0.4 is 10.1 Å². The van der Waals surface area contributed by atoms with E-state index >= 15 is 0 Å². The van der Waals surface area contributed by atoms with Crippen LogP contribution in [0.25, 0.3) is 11.5 Å². The summed E-state index contributed by atoms with van der Waals surface area (Å²) in [6, 6.07) is 17.7. The molecular formula is C34H41N3O5S. The van der Waals surface area contributed by atoms with Crippen LogP contribution in [-0.4, -0.2) is 55.1 Å². The van der Waals surface area contributed by atoms with Gasteiger partial charge in [-0.2, -0.15) is 0 Å². The Hall–Kier alpha value is -3.17. The van der Waals surface area contributed by atoms with Crippen LogP contribution in [0.1, 0.15) is 50.1 Å². The van der Waals surface area contributed by atoms with E-state index in [9.17, 15) is 13.2 Å². The first kappa shape index (κ1) is 28.6. The summed E-state index contributed by atoms with van der Waals surface area (Å²) < 4.78 is 40.4. The molecule has 2 aliphatic heterocycles. The van der Waals surface area contributed by atoms with Crippen molar-refractivity contribution in [1.82, 2.24) is 14.6 Å². The molecule has 4 aliphatic rings. The van der Waals surface area contributed by atoms with E-state index in [1.165, 1.54) is 4.31 Å². The number of amides is 1. The quantitative estimate of drug-likeness (QED) is 0.386. The molecule has 3 aromatic rings. The van der Waals surface area contributed by atoms with Crippen molar-refractivity contribution in [2.24, 2.45) is 28.6 Å². The molecule has 1 spiro atoms. The fourth-order valence-corrected chi connectivity index (χ4v) is 11.3. The SMILES string of the molecule is Cc1oc(-c2ccccc2)nc1CCOc1cccc(C[C@H]2CNC[C@H]2C(=O)N2C3CC4CC[C@]3(CS2(=O)=O)C4(C)C)c1. The van der Waals surface area contributed by atoms with Gasteiger partial charge in [-0.05, 0) is 86.2 Å². The Bertz CT molecular complexity index is 1630. The Morgan fingerprint density at radius 2 is 1.95 bits per heavy atom. The summed E-state index contributed by atoms with van der Waals surface area (Å²) in [6.07, 6.45) is 4.09. The molecule has 43 heavy (non-hydrogen) atoms. The second-order valence-corrected chi connectivity index (χ2v) is 15.5. The van der Waals surface area contributed by atoms with Gasteiger partial charge in [0.25, 0.3) is 0 Å². The smallest absolute Gasteiger partial charge is 0.241 e. The molecule has 2 saturated heterocycles. The lowest BCUT2D eigenvalue weighted by atomic mass is 9.69. The van der Waals surface area contributed by atoms with E-state index in [0.717, 1.165) is 47.6 Å². The lowest BCUT2D eigenvalue weighted by Crippen LogP contribution is -2.47. The van der Waals surface area contributed by atoms with Gasteiger partial charge in [-0.25, -0.2) is 17.7 Å². The molecule has 9 heteroatoms. The Balaban J connectivity index is 1.00. The number of rotatable bonds is 8. The van der Waals surface area contributed by atoms with Gasteiger partial charge in [0.1, 0.15) is 11.5 Å². The van der Waals surface area contributed by atoms with E-state index in [1.807, 2.05) is 55.5 Å². The van der Waals surface area contributed by atoms with Gasteiger partial charge in [-0.1, -0.05) is 44.2 Å². The van der Waals surface area contributed by atoms with Crippen LogP contribution in [-0.2, 0) is 27.7 Å². The van der Waals surface area contributed by atoms with Crippen LogP contribution in [0.15, 0.2) is 59.0 Å². The monoisotopic (exact) mass is 603 g/mol. The number of benzene rings is 2. The van der Waals surface area contributed by atoms with Crippen molar-refractivity contribution in [2.75, 3.05) is 25.4 Å². The number of aromatic nitrogens is 1. The zero-order valence-corrected chi connectivity index (χ0v) is 26.0. The summed E-state index contributed by atoms with van der Waals surface area (Å²) in [4.78, 5) is 18.7. The highest BCUT2D eigenvalue weighted by molar-refractivity contribution is 7.90. The van der Waals surface area contributed by atoms with Crippen molar-refractivity contribution in [3.8, 4) is 17.2 Å². The molecule has 7 rings (SSSR count). The normalized spacial score (nSPS) is 30.1. The second-order valence-electron chi connectivity index (χ2n) is 13.6. The Labute approximate surface area is 254 Å². The third-order valence-corrected chi connectivity index (χ3v) is 13.1. The first-order valence-electron chi connectivity index (χ1n) is 15.6. The van der Waals surface area contributed by atoms with E-state index < -0.39 is 10.0 Å². The van der Waals surface area contributed by atoms with E-state index in [0.29, 0.717) is 44.3 Å². The lowest BCUT2D eigenvalue weighted by Gasteiger charge is -2.37. The zero-order valence-electron chi connectivity index (χ0n) is 25.2. The van der Waals surface area contributed by atoms with Crippen LogP contribution in [0.4, 0.5) is 0 Å². The number of fused-ring (bicyclic) bond motifs is 1. The topological polar surface area (TPSA) is 102 Å². The Kier molecular flexibility index (Phi) is 6.97. The van der Waals surface area contributed by atoms with Gasteiger partial charge >= 0.3 is 0 Å². The van der Waals surface area contributed by atoms with Crippen molar-refractivity contribution in [3.05, 3.63) is 71.6 Å². The van der Waals surface area contributed by atoms with Gasteiger partial charge in [0.2, 0.25) is 21.8 Å². The molecule has 2 unspecified atom stereocenters. The van der Waals surface area contributed by atoms with Crippen LogP contribution in [0.2, 0.25) is 0 Å². The van der Waals surface area contributed by atoms with Gasteiger partial charge in [-0.15, -0.1) is 0 Å². The molecule has 228 valence electrons. The zero-order chi connectivity index (χ0) is 30.0. The second kappa shape index (κ2) is 10.5. The fraction of sp³-hybridized carbons (Fsp3) is 0.529. The van der Waals surface area contributed by atoms with Crippen LogP contribution in [0.5, 0.6) is 5.75 Å². The number of oxazole rings is 1. The number of hydrogen-bond donors (Lipinski definition) is 1. The van der Waals surface area contributed by atoms with Crippen molar-refractivity contribution >= 4 is 15.9 Å². The molecule has 2 aliphatic carbocycles. The summed E-state index contributed by atoms with van der Waals surface area (Å²) in [5.41, 5.74) is 2.56. The summed E-state index contributed by atoms with van der Waals surface area (Å²) in [6.45, 7) is 8.03. The fourth-order valence-electron chi connectivity index (χ4n) is 8.67. The summed E-state index contributed by atoms with van der Waals surface area (Å²) in [5.74, 6) is 2.25. The number of ether oxygens (including phenoxy) is 1. The largest absolute Gasteiger partial charge is 0.493 e. The molecule has 2 saturated carbocycles. The van der Waals surface area contributed by atoms with Gasteiger partial charge in [0.15, 0.2) is 0 Å². The van der Waals surface area contributed by atoms with Gasteiger partial charge in [0, 0.05) is 23.9 Å². The molecule has 4 fully saturated rings. The van der Waals surface area contributed by atoms with Crippen LogP contribution in [0, 0.1) is 35.5 Å². The van der Waals surface area contributed by atoms with Crippen molar-refractivity contribution in [1.29, 1.82) is 0 Å². The van der Waals surface area contributed by atoms with Crippen molar-refractivity contribution < 1.29 is 22.4 Å². The highest BCUT2D eigenvalue weighted by atomic mass is 32.2. The molecule has 1 N–H and O–H groups in total. The van der Waals surface area contributed by atoms with Crippen LogP contribution in [0.3, 0.4) is 0 Å². The number of carbonyl (C=O) groups excluding carboxylic acids is 1. The molecule has 3 heterocycles. The number of hydrogen-bond acceptors (Lipinski definition) is 7. The summed E-state index contributed by atoms with van der Waals surface area (Å²) in [7, 11) is -3.63. The molecule has 1 amide bonds. The summed E-state index contributed by atoms with van der Waals surface area (Å²) >= 11 is 0. The average molecular weight is 604 g/mol. The maximum atomic E-state index is 14.0. The Morgan fingerprint density at radius 3 is 2.74 bits per heavy atom. The molecule has 2 bridgehead atoms. The number of carbonyl (C=O) groups is 1. The van der Waals surface area contributed by atoms with Crippen molar-refractivity contribution in [3.63, 3.8) is 0 Å². The number of nitrogens with zero attached hydrogens (tertiary/aromatic N) is 2. The number of aryl methyl sites for hydroxylation is 1. The predicted molar refractivity (Wildman–Crippen MR) is 164 cm³/mol. The first-order valence-corrected chi connectivity index (χ1v) is 17.2. The van der Waals surface area contributed by atoms with Crippen molar-refractivity contribution in [2.45, 2.75) is 58.9 Å². The van der Waals surface area contributed by atoms with E-state index in [-0.39, 0.29) is 40.4 Å². The van der Waals surface area contributed by atoms with E-state index in [2.05, 4.69) is 30.2 Å². The molecule has 8 nitrogen and oxygen atoms in total. The highest BCUT2D eigenvalue weighted by Gasteiger charge is 2.72. The van der Waals surface area contributed by atoms with E-state index in [1.54, 1.807) is 0 Å².